The van der Waals surface area contributed by atoms with Crippen molar-refractivity contribution in [2.45, 2.75) is 50.0 Å². The summed E-state index contributed by atoms with van der Waals surface area (Å²) in [7, 11) is -3.99. The quantitative estimate of drug-likeness (QED) is 0.127. The summed E-state index contributed by atoms with van der Waals surface area (Å²) in [5, 5.41) is 13.0. The minimum absolute atomic E-state index is 0.0181. The molecular formula is C23H32N4O6S. The normalized spacial score (nSPS) is 12.0. The molecule has 2 aromatic rings. The molecule has 0 heterocycles. The van der Waals surface area contributed by atoms with Crippen LogP contribution in [0.2, 0.25) is 0 Å². The molecule has 0 fully saturated rings. The lowest BCUT2D eigenvalue weighted by Crippen LogP contribution is -2.42. The summed E-state index contributed by atoms with van der Waals surface area (Å²) in [6.07, 6.45) is 3.47. The van der Waals surface area contributed by atoms with Gasteiger partial charge in [-0.3, -0.25) is 4.79 Å². The number of nitrogens with one attached hydrogen (secondary N) is 1. The molecule has 0 amide bonds. The van der Waals surface area contributed by atoms with Crippen LogP contribution in [0.15, 0.2) is 58.6 Å². The standard InChI is InChI=1S/C23H32N4O6S/c1-2-3-5-17-8-12-20(13-9-17)34(30,31)27-21(22(28)29)16-18-6-10-19(11-7-18)32-14-4-15-33-26-23(24)25/h6-13,21,27H,2-5,14-16H2,1H3,(H,28,29)(H4,24,25,26)/t21-/m0/s1. The van der Waals surface area contributed by atoms with Crippen LogP contribution in [0.3, 0.4) is 0 Å². The van der Waals surface area contributed by atoms with Crippen molar-refractivity contribution in [1.82, 2.24) is 4.72 Å². The van der Waals surface area contributed by atoms with Crippen LogP contribution in [0.4, 0.5) is 0 Å². The van der Waals surface area contributed by atoms with Crippen molar-refractivity contribution >= 4 is 22.0 Å². The summed E-state index contributed by atoms with van der Waals surface area (Å²) in [5.74, 6) is -0.829. The molecule has 0 unspecified atom stereocenters. The van der Waals surface area contributed by atoms with Crippen LogP contribution in [0.25, 0.3) is 0 Å². The number of aryl methyl sites for hydroxylation is 1. The van der Waals surface area contributed by atoms with Gasteiger partial charge in [0.25, 0.3) is 0 Å². The van der Waals surface area contributed by atoms with Crippen LogP contribution < -0.4 is 20.9 Å². The summed E-state index contributed by atoms with van der Waals surface area (Å²) in [4.78, 5) is 16.6. The number of nitrogens with zero attached hydrogens (tertiary/aromatic N) is 1. The second kappa shape index (κ2) is 13.4. The van der Waals surface area contributed by atoms with Crippen LogP contribution in [-0.4, -0.2) is 44.7 Å². The number of aliphatic carboxylic acids is 1. The predicted octanol–water partition coefficient (Wildman–Crippen LogP) is 1.98. The smallest absolute Gasteiger partial charge is 0.322 e. The Bertz CT molecular complexity index is 1040. The Morgan fingerprint density at radius 3 is 2.26 bits per heavy atom. The maximum atomic E-state index is 12.7. The Morgan fingerprint density at radius 2 is 1.68 bits per heavy atom. The van der Waals surface area contributed by atoms with Gasteiger partial charge in [0.15, 0.2) is 0 Å². The Morgan fingerprint density at radius 1 is 1.03 bits per heavy atom. The van der Waals surface area contributed by atoms with Gasteiger partial charge in [-0.15, -0.1) is 0 Å². The third-order valence-corrected chi connectivity index (χ3v) is 6.32. The number of hydrogen-bond acceptors (Lipinski definition) is 6. The number of carboxylic acids is 1. The molecule has 0 aromatic heterocycles. The average Bonchev–Trinajstić information content (AvgIpc) is 2.80. The van der Waals surface area contributed by atoms with Crippen molar-refractivity contribution in [3.8, 4) is 5.75 Å². The highest BCUT2D eigenvalue weighted by Gasteiger charge is 2.25. The van der Waals surface area contributed by atoms with Gasteiger partial charge in [0.05, 0.1) is 11.5 Å². The van der Waals surface area contributed by atoms with Gasteiger partial charge < -0.3 is 26.1 Å². The Labute approximate surface area is 200 Å². The minimum atomic E-state index is -3.99. The molecular weight excluding hydrogens is 460 g/mol. The summed E-state index contributed by atoms with van der Waals surface area (Å²) in [6.45, 7) is 2.75. The van der Waals surface area contributed by atoms with E-state index in [-0.39, 0.29) is 23.9 Å². The molecule has 1 atom stereocenters. The lowest BCUT2D eigenvalue weighted by molar-refractivity contribution is -0.138. The Balaban J connectivity index is 1.92. The van der Waals surface area contributed by atoms with E-state index in [2.05, 4.69) is 16.8 Å². The van der Waals surface area contributed by atoms with Gasteiger partial charge in [0.2, 0.25) is 16.0 Å². The van der Waals surface area contributed by atoms with E-state index in [9.17, 15) is 18.3 Å². The fourth-order valence-electron chi connectivity index (χ4n) is 3.04. The zero-order valence-electron chi connectivity index (χ0n) is 19.1. The zero-order valence-corrected chi connectivity index (χ0v) is 20.0. The lowest BCUT2D eigenvalue weighted by atomic mass is 10.1. The monoisotopic (exact) mass is 492 g/mol. The number of guanidine groups is 1. The molecule has 0 radical (unpaired) electrons. The Kier molecular flexibility index (Phi) is 10.6. The zero-order chi connectivity index (χ0) is 25.0. The van der Waals surface area contributed by atoms with E-state index >= 15 is 0 Å². The molecule has 186 valence electrons. The number of oxime groups is 1. The van der Waals surface area contributed by atoms with E-state index in [0.717, 1.165) is 24.8 Å². The number of sulfonamides is 1. The molecule has 11 heteroatoms. The number of nitrogens with two attached hydrogens (primary N) is 2. The topological polar surface area (TPSA) is 166 Å². The number of rotatable bonds is 15. The molecule has 0 aliphatic carbocycles. The SMILES string of the molecule is CCCCc1ccc(S(=O)(=O)N[C@@H](Cc2ccc(OCCCON=C(N)N)cc2)C(=O)O)cc1. The number of carbonyl (C=O) groups is 1. The molecule has 0 saturated heterocycles. The first-order valence-corrected chi connectivity index (χ1v) is 12.5. The maximum absolute atomic E-state index is 12.7. The molecule has 0 aliphatic rings. The summed E-state index contributed by atoms with van der Waals surface area (Å²) < 4.78 is 33.3. The summed E-state index contributed by atoms with van der Waals surface area (Å²) >= 11 is 0. The fraction of sp³-hybridized carbons (Fsp3) is 0.391. The molecule has 2 rings (SSSR count). The molecule has 0 saturated carbocycles. The van der Waals surface area contributed by atoms with E-state index in [4.69, 9.17) is 21.0 Å². The first-order chi connectivity index (χ1) is 16.2. The minimum Gasteiger partial charge on any atom is -0.493 e. The van der Waals surface area contributed by atoms with Gasteiger partial charge in [-0.05, 0) is 59.8 Å². The number of ether oxygens (including phenoxy) is 1. The van der Waals surface area contributed by atoms with Crippen LogP contribution in [0.5, 0.6) is 5.75 Å². The van der Waals surface area contributed by atoms with Crippen molar-refractivity contribution in [1.29, 1.82) is 0 Å². The number of unbranched alkanes of at least 4 members (excludes halogenated alkanes) is 1. The predicted molar refractivity (Wildman–Crippen MR) is 129 cm³/mol. The molecule has 10 nitrogen and oxygen atoms in total. The Hall–Kier alpha value is -3.31. The summed E-state index contributed by atoms with van der Waals surface area (Å²) in [5.41, 5.74) is 12.0. The number of benzene rings is 2. The maximum Gasteiger partial charge on any atom is 0.322 e. The second-order valence-electron chi connectivity index (χ2n) is 7.66. The van der Waals surface area contributed by atoms with Crippen molar-refractivity contribution in [2.75, 3.05) is 13.2 Å². The molecule has 0 aliphatic heterocycles. The highest BCUT2D eigenvalue weighted by molar-refractivity contribution is 7.89. The molecule has 34 heavy (non-hydrogen) atoms. The van der Waals surface area contributed by atoms with E-state index in [1.807, 2.05) is 0 Å². The van der Waals surface area contributed by atoms with Crippen LogP contribution in [-0.2, 0) is 32.5 Å². The molecule has 0 bridgehead atoms. The van der Waals surface area contributed by atoms with E-state index in [1.165, 1.54) is 12.1 Å². The lowest BCUT2D eigenvalue weighted by Gasteiger charge is -2.15. The van der Waals surface area contributed by atoms with Gasteiger partial charge in [0, 0.05) is 6.42 Å². The van der Waals surface area contributed by atoms with Crippen LogP contribution >= 0.6 is 0 Å². The van der Waals surface area contributed by atoms with Gasteiger partial charge in [-0.25, -0.2) is 8.42 Å². The van der Waals surface area contributed by atoms with E-state index in [0.29, 0.717) is 24.3 Å². The van der Waals surface area contributed by atoms with Gasteiger partial charge in [0.1, 0.15) is 18.4 Å². The first-order valence-electron chi connectivity index (χ1n) is 11.0. The van der Waals surface area contributed by atoms with Crippen molar-refractivity contribution in [3.05, 3.63) is 59.7 Å². The summed E-state index contributed by atoms with van der Waals surface area (Å²) in [6, 6.07) is 12.0. The number of hydrogen-bond donors (Lipinski definition) is 4. The van der Waals surface area contributed by atoms with E-state index < -0.39 is 22.0 Å². The third-order valence-electron chi connectivity index (χ3n) is 4.83. The highest BCUT2D eigenvalue weighted by atomic mass is 32.2. The van der Waals surface area contributed by atoms with Gasteiger partial charge >= 0.3 is 5.97 Å². The molecule has 6 N–H and O–H groups in total. The van der Waals surface area contributed by atoms with Crippen LogP contribution in [0, 0.1) is 0 Å². The largest absolute Gasteiger partial charge is 0.493 e. The highest BCUT2D eigenvalue weighted by Crippen LogP contribution is 2.16. The fourth-order valence-corrected chi connectivity index (χ4v) is 4.23. The second-order valence-corrected chi connectivity index (χ2v) is 9.37. The molecule has 0 spiro atoms. The third kappa shape index (κ3) is 9.28. The number of carboxylic acid groups (broad SMARTS) is 1. The van der Waals surface area contributed by atoms with Crippen molar-refractivity contribution < 1.29 is 27.9 Å². The average molecular weight is 493 g/mol. The van der Waals surface area contributed by atoms with Gasteiger partial charge in [-0.1, -0.05) is 37.6 Å². The van der Waals surface area contributed by atoms with Crippen LogP contribution in [0.1, 0.15) is 37.3 Å². The van der Waals surface area contributed by atoms with E-state index in [1.54, 1.807) is 36.4 Å². The molecule has 2 aromatic carbocycles. The van der Waals surface area contributed by atoms with Crippen molar-refractivity contribution in [2.24, 2.45) is 16.6 Å². The van der Waals surface area contributed by atoms with Crippen molar-refractivity contribution in [3.63, 3.8) is 0 Å². The van der Waals surface area contributed by atoms with Gasteiger partial charge in [-0.2, -0.15) is 4.72 Å². The first kappa shape index (κ1) is 26.9.